The monoisotopic (exact) mass is 250 g/mol. The van der Waals surface area contributed by atoms with Crippen molar-refractivity contribution >= 4 is 11.8 Å². The van der Waals surface area contributed by atoms with Gasteiger partial charge in [0.1, 0.15) is 0 Å². The molecule has 1 aromatic rings. The van der Waals surface area contributed by atoms with Crippen molar-refractivity contribution in [2.24, 2.45) is 11.5 Å². The molecule has 0 amide bonds. The van der Waals surface area contributed by atoms with Crippen LogP contribution < -0.4 is 11.5 Å². The highest BCUT2D eigenvalue weighted by molar-refractivity contribution is 7.99. The van der Waals surface area contributed by atoms with E-state index in [2.05, 4.69) is 18.2 Å². The third kappa shape index (κ3) is 3.47. The molecule has 1 atom stereocenters. The zero-order chi connectivity index (χ0) is 12.5. The summed E-state index contributed by atoms with van der Waals surface area (Å²) in [6.07, 6.45) is 3.28. The maximum atomic E-state index is 6.23. The molecule has 0 aliphatic carbocycles. The van der Waals surface area contributed by atoms with Crippen LogP contribution in [0.5, 0.6) is 0 Å². The normalized spacial score (nSPS) is 17.6. The average molecular weight is 250 g/mol. The summed E-state index contributed by atoms with van der Waals surface area (Å²) in [7, 11) is 0. The molecule has 1 aliphatic rings. The van der Waals surface area contributed by atoms with Crippen LogP contribution in [0.1, 0.15) is 43.9 Å². The Hall–Kier alpha value is -0.510. The van der Waals surface area contributed by atoms with Crippen LogP contribution in [-0.2, 0) is 6.42 Å². The molecule has 1 aromatic carbocycles. The quantitative estimate of drug-likeness (QED) is 0.867. The SMILES string of the molecule is CC(C)(N)CC(N)c1ccc2c(c1)CCCS2. The lowest BCUT2D eigenvalue weighted by Gasteiger charge is -2.24. The molecule has 0 spiro atoms. The number of hydrogen-bond donors (Lipinski definition) is 2. The molecular weight excluding hydrogens is 228 g/mol. The van der Waals surface area contributed by atoms with Gasteiger partial charge >= 0.3 is 0 Å². The standard InChI is InChI=1S/C14H22N2S/c1-14(2,16)9-12(15)10-5-6-13-11(8-10)4-3-7-17-13/h5-6,8,12H,3-4,7,9,15-16H2,1-2H3. The number of thioether (sulfide) groups is 1. The van der Waals surface area contributed by atoms with E-state index in [1.165, 1.54) is 34.6 Å². The molecule has 1 unspecified atom stereocenters. The molecule has 1 heterocycles. The minimum atomic E-state index is -0.204. The van der Waals surface area contributed by atoms with Crippen LogP contribution in [0, 0.1) is 0 Å². The zero-order valence-corrected chi connectivity index (χ0v) is 11.5. The predicted octanol–water partition coefficient (Wildman–Crippen LogP) is 2.85. The minimum Gasteiger partial charge on any atom is -0.325 e. The maximum Gasteiger partial charge on any atom is 0.0312 e. The lowest BCUT2D eigenvalue weighted by atomic mass is 9.91. The van der Waals surface area contributed by atoms with E-state index in [1.54, 1.807) is 0 Å². The molecule has 94 valence electrons. The van der Waals surface area contributed by atoms with Crippen LogP contribution in [0.3, 0.4) is 0 Å². The van der Waals surface area contributed by atoms with Gasteiger partial charge in [0.05, 0.1) is 0 Å². The second-order valence-corrected chi connectivity index (χ2v) is 6.76. The lowest BCUT2D eigenvalue weighted by molar-refractivity contribution is 0.429. The summed E-state index contributed by atoms with van der Waals surface area (Å²) in [5, 5.41) is 0. The Morgan fingerprint density at radius 3 is 2.88 bits per heavy atom. The van der Waals surface area contributed by atoms with Gasteiger partial charge in [0, 0.05) is 16.5 Å². The fourth-order valence-corrected chi connectivity index (χ4v) is 3.31. The van der Waals surface area contributed by atoms with E-state index in [-0.39, 0.29) is 11.6 Å². The molecule has 2 nitrogen and oxygen atoms in total. The van der Waals surface area contributed by atoms with Crippen LogP contribution in [0.15, 0.2) is 23.1 Å². The van der Waals surface area contributed by atoms with Crippen molar-refractivity contribution in [3.05, 3.63) is 29.3 Å². The number of hydrogen-bond acceptors (Lipinski definition) is 3. The van der Waals surface area contributed by atoms with Gasteiger partial charge in [-0.2, -0.15) is 0 Å². The lowest BCUT2D eigenvalue weighted by Crippen LogP contribution is -2.35. The Labute approximate surface area is 108 Å². The number of nitrogens with two attached hydrogens (primary N) is 2. The first-order valence-electron chi connectivity index (χ1n) is 6.26. The Bertz CT molecular complexity index is 396. The van der Waals surface area contributed by atoms with Crippen LogP contribution in [-0.4, -0.2) is 11.3 Å². The van der Waals surface area contributed by atoms with Crippen molar-refractivity contribution in [1.29, 1.82) is 0 Å². The van der Waals surface area contributed by atoms with Crippen molar-refractivity contribution in [2.75, 3.05) is 5.75 Å². The van der Waals surface area contributed by atoms with E-state index in [1.807, 2.05) is 25.6 Å². The Kier molecular flexibility index (Phi) is 3.81. The predicted molar refractivity (Wildman–Crippen MR) is 75.3 cm³/mol. The summed E-state index contributed by atoms with van der Waals surface area (Å²) in [5.74, 6) is 1.24. The number of benzene rings is 1. The van der Waals surface area contributed by atoms with Gasteiger partial charge in [-0.3, -0.25) is 0 Å². The minimum absolute atomic E-state index is 0.0484. The number of fused-ring (bicyclic) bond motifs is 1. The van der Waals surface area contributed by atoms with Gasteiger partial charge in [0.25, 0.3) is 0 Å². The van der Waals surface area contributed by atoms with Crippen LogP contribution in [0.25, 0.3) is 0 Å². The van der Waals surface area contributed by atoms with Crippen molar-refractivity contribution in [3.8, 4) is 0 Å². The number of aryl methyl sites for hydroxylation is 1. The van der Waals surface area contributed by atoms with Crippen LogP contribution >= 0.6 is 11.8 Å². The fourth-order valence-electron chi connectivity index (χ4n) is 2.30. The van der Waals surface area contributed by atoms with E-state index >= 15 is 0 Å². The summed E-state index contributed by atoms with van der Waals surface area (Å²) in [5.41, 5.74) is 14.7. The van der Waals surface area contributed by atoms with Gasteiger partial charge < -0.3 is 11.5 Å². The second-order valence-electron chi connectivity index (χ2n) is 5.62. The summed E-state index contributed by atoms with van der Waals surface area (Å²) < 4.78 is 0. The molecule has 0 fully saturated rings. The van der Waals surface area contributed by atoms with Crippen molar-refractivity contribution < 1.29 is 0 Å². The van der Waals surface area contributed by atoms with Gasteiger partial charge in [-0.15, -0.1) is 11.8 Å². The van der Waals surface area contributed by atoms with Gasteiger partial charge in [-0.1, -0.05) is 12.1 Å². The average Bonchev–Trinajstić information content (AvgIpc) is 2.26. The van der Waals surface area contributed by atoms with Gasteiger partial charge in [-0.25, -0.2) is 0 Å². The van der Waals surface area contributed by atoms with E-state index in [0.717, 1.165) is 6.42 Å². The summed E-state index contributed by atoms with van der Waals surface area (Å²) in [4.78, 5) is 1.43. The van der Waals surface area contributed by atoms with Crippen LogP contribution in [0.2, 0.25) is 0 Å². The summed E-state index contributed by atoms with van der Waals surface area (Å²) in [6, 6.07) is 6.70. The smallest absolute Gasteiger partial charge is 0.0312 e. The number of rotatable bonds is 3. The molecule has 17 heavy (non-hydrogen) atoms. The molecule has 2 rings (SSSR count). The first kappa shape index (κ1) is 12.9. The molecular formula is C14H22N2S. The fraction of sp³-hybridized carbons (Fsp3) is 0.571. The third-order valence-electron chi connectivity index (χ3n) is 3.11. The topological polar surface area (TPSA) is 52.0 Å². The Morgan fingerprint density at radius 1 is 1.41 bits per heavy atom. The van der Waals surface area contributed by atoms with Crippen molar-refractivity contribution in [3.63, 3.8) is 0 Å². The van der Waals surface area contributed by atoms with Gasteiger partial charge in [-0.05, 0) is 56.1 Å². The Balaban J connectivity index is 2.16. The highest BCUT2D eigenvalue weighted by Gasteiger charge is 2.19. The molecule has 0 saturated carbocycles. The molecule has 1 aliphatic heterocycles. The molecule has 0 aromatic heterocycles. The van der Waals surface area contributed by atoms with E-state index in [0.29, 0.717) is 0 Å². The first-order valence-corrected chi connectivity index (χ1v) is 7.24. The van der Waals surface area contributed by atoms with Crippen molar-refractivity contribution in [1.82, 2.24) is 0 Å². The van der Waals surface area contributed by atoms with E-state index in [4.69, 9.17) is 11.5 Å². The van der Waals surface area contributed by atoms with E-state index in [9.17, 15) is 0 Å². The zero-order valence-electron chi connectivity index (χ0n) is 10.7. The summed E-state index contributed by atoms with van der Waals surface area (Å²) in [6.45, 7) is 4.06. The molecule has 0 bridgehead atoms. The molecule has 0 radical (unpaired) electrons. The molecule has 4 N–H and O–H groups in total. The third-order valence-corrected chi connectivity index (χ3v) is 4.31. The van der Waals surface area contributed by atoms with Gasteiger partial charge in [0.15, 0.2) is 0 Å². The van der Waals surface area contributed by atoms with Gasteiger partial charge in [0.2, 0.25) is 0 Å². The maximum absolute atomic E-state index is 6.23. The van der Waals surface area contributed by atoms with Crippen molar-refractivity contribution in [2.45, 2.75) is 49.6 Å². The largest absolute Gasteiger partial charge is 0.325 e. The first-order chi connectivity index (χ1) is 7.96. The molecule has 3 heteroatoms. The highest BCUT2D eigenvalue weighted by Crippen LogP contribution is 2.32. The van der Waals surface area contributed by atoms with Crippen LogP contribution in [0.4, 0.5) is 0 Å². The second kappa shape index (κ2) is 5.01. The highest BCUT2D eigenvalue weighted by atomic mass is 32.2. The Morgan fingerprint density at radius 2 is 2.18 bits per heavy atom. The van der Waals surface area contributed by atoms with E-state index < -0.39 is 0 Å². The summed E-state index contributed by atoms with van der Waals surface area (Å²) >= 11 is 1.96. The molecule has 0 saturated heterocycles.